The molecule has 1 aromatic heterocycles. The first kappa shape index (κ1) is 9.54. The van der Waals surface area contributed by atoms with Crippen LogP contribution in [0.25, 0.3) is 6.08 Å². The van der Waals surface area contributed by atoms with Gasteiger partial charge in [-0.3, -0.25) is 0 Å². The first-order valence-electron chi connectivity index (χ1n) is 3.42. The maximum atomic E-state index is 10.2. The van der Waals surface area contributed by atoms with E-state index in [9.17, 15) is 4.79 Å². The second-order valence-electron chi connectivity index (χ2n) is 2.27. The second kappa shape index (κ2) is 3.91. The molecule has 1 rings (SSSR count). The van der Waals surface area contributed by atoms with Crippen LogP contribution >= 0.6 is 11.6 Å². The molecule has 0 aliphatic carbocycles. The van der Waals surface area contributed by atoms with E-state index in [2.05, 4.69) is 4.98 Å². The van der Waals surface area contributed by atoms with E-state index in [1.807, 2.05) is 0 Å². The first-order chi connectivity index (χ1) is 6.09. The molecular formula is C8H7ClN2O2. The van der Waals surface area contributed by atoms with Crippen LogP contribution in [0, 0.1) is 0 Å². The number of hydrogen-bond donors (Lipinski definition) is 2. The minimum absolute atomic E-state index is 0.300. The molecular weight excluding hydrogens is 192 g/mol. The van der Waals surface area contributed by atoms with Crippen molar-refractivity contribution in [2.45, 2.75) is 0 Å². The van der Waals surface area contributed by atoms with Gasteiger partial charge in [0.15, 0.2) is 0 Å². The van der Waals surface area contributed by atoms with E-state index >= 15 is 0 Å². The number of aliphatic carboxylic acids is 1. The normalized spacial score (nSPS) is 10.5. The van der Waals surface area contributed by atoms with Crippen molar-refractivity contribution in [2.24, 2.45) is 0 Å². The summed E-state index contributed by atoms with van der Waals surface area (Å²) in [4.78, 5) is 14.0. The Labute approximate surface area is 79.7 Å². The van der Waals surface area contributed by atoms with E-state index in [4.69, 9.17) is 22.4 Å². The van der Waals surface area contributed by atoms with E-state index < -0.39 is 5.97 Å². The van der Waals surface area contributed by atoms with Crippen molar-refractivity contribution in [2.75, 3.05) is 5.73 Å². The first-order valence-corrected chi connectivity index (χ1v) is 3.80. The van der Waals surface area contributed by atoms with Crippen LogP contribution in [0.3, 0.4) is 0 Å². The van der Waals surface area contributed by atoms with Gasteiger partial charge in [-0.25, -0.2) is 9.78 Å². The van der Waals surface area contributed by atoms with E-state index in [1.54, 1.807) is 12.1 Å². The largest absolute Gasteiger partial charge is 0.478 e. The predicted molar refractivity (Wildman–Crippen MR) is 50.3 cm³/mol. The molecule has 13 heavy (non-hydrogen) atoms. The van der Waals surface area contributed by atoms with Crippen molar-refractivity contribution in [1.29, 1.82) is 0 Å². The van der Waals surface area contributed by atoms with Gasteiger partial charge in [-0.05, 0) is 18.2 Å². The Balaban J connectivity index is 3.00. The van der Waals surface area contributed by atoms with Crippen LogP contribution in [-0.4, -0.2) is 16.1 Å². The molecule has 0 bridgehead atoms. The molecule has 0 aliphatic heterocycles. The summed E-state index contributed by atoms with van der Waals surface area (Å²) in [5.41, 5.74) is 5.73. The topological polar surface area (TPSA) is 76.2 Å². The number of pyridine rings is 1. The lowest BCUT2D eigenvalue weighted by atomic mass is 10.3. The third kappa shape index (κ3) is 2.76. The molecule has 0 fully saturated rings. The molecule has 0 unspecified atom stereocenters. The fraction of sp³-hybridized carbons (Fsp3) is 0. The summed E-state index contributed by atoms with van der Waals surface area (Å²) in [6.45, 7) is 0. The molecule has 4 nitrogen and oxygen atoms in total. The van der Waals surface area contributed by atoms with Gasteiger partial charge in [0.1, 0.15) is 5.82 Å². The third-order valence-corrected chi connectivity index (χ3v) is 1.60. The summed E-state index contributed by atoms with van der Waals surface area (Å²) < 4.78 is 0. The molecule has 0 spiro atoms. The second-order valence-corrected chi connectivity index (χ2v) is 2.68. The number of aromatic nitrogens is 1. The molecule has 3 N–H and O–H groups in total. The average Bonchev–Trinajstić information content (AvgIpc) is 2.06. The minimum atomic E-state index is -1.06. The SMILES string of the molecule is Nc1ccc(Cl)c(C=CC(=O)O)n1. The molecule has 0 aliphatic rings. The fourth-order valence-electron chi connectivity index (χ4n) is 0.741. The monoisotopic (exact) mass is 198 g/mol. The Morgan fingerprint density at radius 3 is 2.92 bits per heavy atom. The lowest BCUT2D eigenvalue weighted by Crippen LogP contribution is -1.93. The maximum Gasteiger partial charge on any atom is 0.328 e. The zero-order valence-corrected chi connectivity index (χ0v) is 7.32. The van der Waals surface area contributed by atoms with Gasteiger partial charge in [-0.1, -0.05) is 11.6 Å². The Bertz CT molecular complexity index is 363. The highest BCUT2D eigenvalue weighted by molar-refractivity contribution is 6.31. The van der Waals surface area contributed by atoms with E-state index in [1.165, 1.54) is 6.08 Å². The van der Waals surface area contributed by atoms with Gasteiger partial charge in [-0.15, -0.1) is 0 Å². The summed E-state index contributed by atoms with van der Waals surface area (Å²) in [6.07, 6.45) is 2.24. The Hall–Kier alpha value is -1.55. The van der Waals surface area contributed by atoms with Crippen LogP contribution in [0.15, 0.2) is 18.2 Å². The molecule has 0 radical (unpaired) electrons. The van der Waals surface area contributed by atoms with Crippen LogP contribution < -0.4 is 5.73 Å². The van der Waals surface area contributed by atoms with Gasteiger partial charge in [0.25, 0.3) is 0 Å². The van der Waals surface area contributed by atoms with Crippen molar-refractivity contribution in [3.63, 3.8) is 0 Å². The standard InChI is InChI=1S/C8H7ClN2O2/c9-5-1-3-7(10)11-6(5)2-4-8(12)13/h1-4H,(H2,10,11)(H,12,13). The number of carboxylic acid groups (broad SMARTS) is 1. The highest BCUT2D eigenvalue weighted by Crippen LogP contribution is 2.16. The summed E-state index contributed by atoms with van der Waals surface area (Å²) in [7, 11) is 0. The lowest BCUT2D eigenvalue weighted by Gasteiger charge is -1.97. The van der Waals surface area contributed by atoms with E-state index in [0.29, 0.717) is 16.5 Å². The molecule has 0 atom stereocenters. The smallest absolute Gasteiger partial charge is 0.328 e. The number of rotatable bonds is 2. The zero-order chi connectivity index (χ0) is 9.84. The molecule has 0 amide bonds. The highest BCUT2D eigenvalue weighted by atomic mass is 35.5. The fourth-order valence-corrected chi connectivity index (χ4v) is 0.909. The molecule has 0 saturated carbocycles. The number of carboxylic acids is 1. The number of hydrogen-bond acceptors (Lipinski definition) is 3. The van der Waals surface area contributed by atoms with Crippen molar-refractivity contribution < 1.29 is 9.90 Å². The number of nitrogens with zero attached hydrogens (tertiary/aromatic N) is 1. The molecule has 0 saturated heterocycles. The van der Waals surface area contributed by atoms with Gasteiger partial charge < -0.3 is 10.8 Å². The number of halogens is 1. The van der Waals surface area contributed by atoms with Gasteiger partial charge in [0.05, 0.1) is 10.7 Å². The summed E-state index contributed by atoms with van der Waals surface area (Å²) >= 11 is 5.72. The maximum absolute atomic E-state index is 10.2. The highest BCUT2D eigenvalue weighted by Gasteiger charge is 1.98. The summed E-state index contributed by atoms with van der Waals surface area (Å²) in [5, 5.41) is 8.71. The van der Waals surface area contributed by atoms with E-state index in [0.717, 1.165) is 6.08 Å². The Kier molecular flexibility index (Phi) is 2.87. The number of carbonyl (C=O) groups is 1. The van der Waals surface area contributed by atoms with Crippen molar-refractivity contribution in [3.05, 3.63) is 28.9 Å². The average molecular weight is 199 g/mol. The van der Waals surface area contributed by atoms with Crippen LogP contribution in [-0.2, 0) is 4.79 Å². The van der Waals surface area contributed by atoms with Crippen LogP contribution in [0.2, 0.25) is 5.02 Å². The third-order valence-electron chi connectivity index (χ3n) is 1.28. The predicted octanol–water partition coefficient (Wildman–Crippen LogP) is 1.42. The van der Waals surface area contributed by atoms with Crippen LogP contribution in [0.5, 0.6) is 0 Å². The van der Waals surface area contributed by atoms with Crippen molar-refractivity contribution in [3.8, 4) is 0 Å². The lowest BCUT2D eigenvalue weighted by molar-refractivity contribution is -0.131. The molecule has 5 heteroatoms. The Morgan fingerprint density at radius 1 is 1.62 bits per heavy atom. The Morgan fingerprint density at radius 2 is 2.31 bits per heavy atom. The van der Waals surface area contributed by atoms with Crippen molar-refractivity contribution in [1.82, 2.24) is 4.98 Å². The number of nitrogens with two attached hydrogens (primary N) is 1. The summed E-state index contributed by atoms with van der Waals surface area (Å²) in [5.74, 6) is -0.755. The number of anilines is 1. The van der Waals surface area contributed by atoms with Gasteiger partial charge in [-0.2, -0.15) is 0 Å². The molecule has 68 valence electrons. The summed E-state index contributed by atoms with van der Waals surface area (Å²) in [6, 6.07) is 3.10. The minimum Gasteiger partial charge on any atom is -0.478 e. The van der Waals surface area contributed by atoms with E-state index in [-0.39, 0.29) is 0 Å². The molecule has 1 heterocycles. The van der Waals surface area contributed by atoms with Crippen LogP contribution in [0.4, 0.5) is 5.82 Å². The van der Waals surface area contributed by atoms with Gasteiger partial charge in [0, 0.05) is 6.08 Å². The van der Waals surface area contributed by atoms with Crippen LogP contribution in [0.1, 0.15) is 5.69 Å². The van der Waals surface area contributed by atoms with Gasteiger partial charge in [0.2, 0.25) is 0 Å². The molecule has 1 aromatic rings. The quantitative estimate of drug-likeness (QED) is 0.705. The van der Waals surface area contributed by atoms with Crippen molar-refractivity contribution >= 4 is 29.5 Å². The number of nitrogen functional groups attached to an aromatic ring is 1. The molecule has 0 aromatic carbocycles. The van der Waals surface area contributed by atoms with Gasteiger partial charge >= 0.3 is 5.97 Å². The zero-order valence-electron chi connectivity index (χ0n) is 6.57.